The van der Waals surface area contributed by atoms with Gasteiger partial charge in [0.25, 0.3) is 5.56 Å². The molecule has 1 aliphatic heterocycles. The number of rotatable bonds is 5. The fourth-order valence-corrected chi connectivity index (χ4v) is 3.81. The lowest BCUT2D eigenvalue weighted by atomic mass is 10.1. The van der Waals surface area contributed by atoms with Crippen molar-refractivity contribution >= 4 is 11.9 Å². The van der Waals surface area contributed by atoms with E-state index in [1.165, 1.54) is 11.1 Å². The van der Waals surface area contributed by atoms with Crippen LogP contribution in [0.5, 0.6) is 0 Å². The van der Waals surface area contributed by atoms with Gasteiger partial charge in [-0.2, -0.15) is 0 Å². The third-order valence-electron chi connectivity index (χ3n) is 5.22. The number of likely N-dealkylation sites (tertiary alicyclic amines) is 1. The first-order valence-corrected chi connectivity index (χ1v) is 8.22. The van der Waals surface area contributed by atoms with E-state index in [1.807, 2.05) is 7.05 Å². The number of hydrogen-bond donors (Lipinski definition) is 2. The topological polar surface area (TPSA) is 116 Å². The monoisotopic (exact) mass is 350 g/mol. The van der Waals surface area contributed by atoms with E-state index in [4.69, 9.17) is 0 Å². The summed E-state index contributed by atoms with van der Waals surface area (Å²) >= 11 is 0. The number of hydrogen-bond acceptors (Lipinski definition) is 5. The summed E-state index contributed by atoms with van der Waals surface area (Å²) in [6.45, 7) is 2.65. The standard InChI is InChI=1S/C16H22N4O5/c1-10-6-19(15(25)17-14(10)24)7-12(21)20(8-13(22)23)11-5-16(11)3-4-18(2)9-16/h6,11H,3-5,7-9H2,1-2H3,(H,22,23)(H,17,24,25)/t11?,16-/m0/s1. The Morgan fingerprint density at radius 1 is 1.44 bits per heavy atom. The molecule has 1 spiro atoms. The number of aromatic nitrogens is 2. The molecule has 2 heterocycles. The Labute approximate surface area is 143 Å². The van der Waals surface area contributed by atoms with Gasteiger partial charge in [0.05, 0.1) is 0 Å². The number of nitrogens with zero attached hydrogens (tertiary/aromatic N) is 3. The smallest absolute Gasteiger partial charge is 0.328 e. The molecule has 2 N–H and O–H groups in total. The van der Waals surface area contributed by atoms with E-state index in [0.717, 1.165) is 30.5 Å². The summed E-state index contributed by atoms with van der Waals surface area (Å²) in [7, 11) is 2.01. The van der Waals surface area contributed by atoms with Crippen LogP contribution in [-0.4, -0.2) is 69.1 Å². The van der Waals surface area contributed by atoms with Gasteiger partial charge in [0, 0.05) is 29.8 Å². The highest BCUT2D eigenvalue weighted by Gasteiger charge is 2.60. The summed E-state index contributed by atoms with van der Waals surface area (Å²) in [4.78, 5) is 52.9. The highest BCUT2D eigenvalue weighted by atomic mass is 16.4. The van der Waals surface area contributed by atoms with E-state index in [1.54, 1.807) is 6.92 Å². The van der Waals surface area contributed by atoms with Crippen molar-refractivity contribution in [3.8, 4) is 0 Å². The average Bonchev–Trinajstić information content (AvgIpc) is 3.07. The first-order valence-electron chi connectivity index (χ1n) is 8.22. The zero-order chi connectivity index (χ0) is 18.4. The van der Waals surface area contributed by atoms with Crippen LogP contribution in [0.4, 0.5) is 0 Å². The Bertz CT molecular complexity index is 829. The molecule has 1 saturated carbocycles. The van der Waals surface area contributed by atoms with Gasteiger partial charge in [-0.1, -0.05) is 0 Å². The van der Waals surface area contributed by atoms with Crippen molar-refractivity contribution in [1.82, 2.24) is 19.4 Å². The molecule has 2 aliphatic rings. The second-order valence-corrected chi connectivity index (χ2v) is 7.18. The van der Waals surface area contributed by atoms with Crippen molar-refractivity contribution in [2.75, 3.05) is 26.7 Å². The second kappa shape index (κ2) is 6.14. The first-order chi connectivity index (χ1) is 11.7. The Morgan fingerprint density at radius 3 is 2.76 bits per heavy atom. The van der Waals surface area contributed by atoms with Crippen LogP contribution in [0.15, 0.2) is 15.8 Å². The van der Waals surface area contributed by atoms with E-state index < -0.39 is 23.1 Å². The van der Waals surface area contributed by atoms with Gasteiger partial charge in [0.15, 0.2) is 0 Å². The molecule has 2 atom stereocenters. The lowest BCUT2D eigenvalue weighted by Gasteiger charge is -2.24. The minimum Gasteiger partial charge on any atom is -0.480 e. The van der Waals surface area contributed by atoms with E-state index in [2.05, 4.69) is 9.88 Å². The third kappa shape index (κ3) is 3.37. The van der Waals surface area contributed by atoms with Gasteiger partial charge in [-0.3, -0.25) is 23.9 Å². The number of aromatic amines is 1. The molecule has 1 aliphatic carbocycles. The fraction of sp³-hybridized carbons (Fsp3) is 0.625. The summed E-state index contributed by atoms with van der Waals surface area (Å²) in [6.07, 6.45) is 3.05. The Hall–Kier alpha value is -2.42. The molecule has 9 heteroatoms. The molecular formula is C16H22N4O5. The van der Waals surface area contributed by atoms with Crippen LogP contribution >= 0.6 is 0 Å². The highest BCUT2D eigenvalue weighted by molar-refractivity contribution is 5.82. The Balaban J connectivity index is 1.79. The van der Waals surface area contributed by atoms with Crippen molar-refractivity contribution < 1.29 is 14.7 Å². The van der Waals surface area contributed by atoms with Gasteiger partial charge in [0.2, 0.25) is 5.91 Å². The number of aliphatic carboxylic acids is 1. The number of carbonyl (C=O) groups excluding carboxylic acids is 1. The molecule has 1 amide bonds. The van der Waals surface area contributed by atoms with Crippen LogP contribution in [0.2, 0.25) is 0 Å². The van der Waals surface area contributed by atoms with Gasteiger partial charge < -0.3 is 14.9 Å². The van der Waals surface area contributed by atoms with Crippen molar-refractivity contribution in [2.45, 2.75) is 32.4 Å². The largest absolute Gasteiger partial charge is 0.480 e. The van der Waals surface area contributed by atoms with Crippen LogP contribution in [0.1, 0.15) is 18.4 Å². The molecule has 25 heavy (non-hydrogen) atoms. The molecule has 0 aromatic carbocycles. The van der Waals surface area contributed by atoms with Crippen molar-refractivity contribution in [2.24, 2.45) is 5.41 Å². The highest BCUT2D eigenvalue weighted by Crippen LogP contribution is 2.55. The number of H-pyrrole nitrogens is 1. The molecule has 1 saturated heterocycles. The van der Waals surface area contributed by atoms with E-state index in [9.17, 15) is 24.3 Å². The molecule has 1 aromatic heterocycles. The van der Waals surface area contributed by atoms with Crippen LogP contribution < -0.4 is 11.2 Å². The molecule has 0 bridgehead atoms. The number of aryl methyl sites for hydroxylation is 1. The zero-order valence-corrected chi connectivity index (χ0v) is 14.3. The number of carbonyl (C=O) groups is 2. The first kappa shape index (κ1) is 17.4. The molecule has 0 radical (unpaired) electrons. The van der Waals surface area contributed by atoms with Crippen LogP contribution in [0, 0.1) is 12.3 Å². The fourth-order valence-electron chi connectivity index (χ4n) is 3.81. The third-order valence-corrected chi connectivity index (χ3v) is 5.22. The Kier molecular flexibility index (Phi) is 4.28. The maximum atomic E-state index is 12.7. The molecule has 9 nitrogen and oxygen atoms in total. The molecule has 2 fully saturated rings. The van der Waals surface area contributed by atoms with Crippen molar-refractivity contribution in [1.29, 1.82) is 0 Å². The summed E-state index contributed by atoms with van der Waals surface area (Å²) < 4.78 is 1.11. The summed E-state index contributed by atoms with van der Waals surface area (Å²) in [5.74, 6) is -1.50. The van der Waals surface area contributed by atoms with Crippen LogP contribution in [0.3, 0.4) is 0 Å². The van der Waals surface area contributed by atoms with Gasteiger partial charge in [-0.25, -0.2) is 4.79 Å². The SMILES string of the molecule is Cc1cn(CC(=O)N(CC(=O)O)C2C[C@]23CCN(C)C3)c(=O)[nH]c1=O. The van der Waals surface area contributed by atoms with Gasteiger partial charge in [0.1, 0.15) is 13.1 Å². The van der Waals surface area contributed by atoms with Gasteiger partial charge >= 0.3 is 11.7 Å². The molecule has 136 valence electrons. The molecule has 1 aromatic rings. The number of carboxylic acid groups (broad SMARTS) is 1. The lowest BCUT2D eigenvalue weighted by Crippen LogP contribution is -2.44. The van der Waals surface area contributed by atoms with Crippen LogP contribution in [0.25, 0.3) is 0 Å². The predicted octanol–water partition coefficient (Wildman–Crippen LogP) is -1.15. The molecule has 3 rings (SSSR count). The maximum Gasteiger partial charge on any atom is 0.328 e. The summed E-state index contributed by atoms with van der Waals surface area (Å²) in [6, 6.07) is -0.111. The van der Waals surface area contributed by atoms with Crippen molar-refractivity contribution in [3.63, 3.8) is 0 Å². The quantitative estimate of drug-likeness (QED) is 0.693. The maximum absolute atomic E-state index is 12.7. The summed E-state index contributed by atoms with van der Waals surface area (Å²) in [5, 5.41) is 9.17. The summed E-state index contributed by atoms with van der Waals surface area (Å²) in [5.41, 5.74) is -0.875. The average molecular weight is 350 g/mol. The van der Waals surface area contributed by atoms with E-state index in [0.29, 0.717) is 5.56 Å². The number of nitrogens with one attached hydrogen (secondary N) is 1. The number of amides is 1. The van der Waals surface area contributed by atoms with Crippen molar-refractivity contribution in [3.05, 3.63) is 32.6 Å². The van der Waals surface area contributed by atoms with Crippen LogP contribution in [-0.2, 0) is 16.1 Å². The van der Waals surface area contributed by atoms with Gasteiger partial charge in [-0.05, 0) is 33.4 Å². The van der Waals surface area contributed by atoms with E-state index >= 15 is 0 Å². The van der Waals surface area contributed by atoms with E-state index in [-0.39, 0.29) is 24.5 Å². The lowest BCUT2D eigenvalue weighted by molar-refractivity contribution is -0.145. The minimum absolute atomic E-state index is 0.0221. The zero-order valence-electron chi connectivity index (χ0n) is 14.3. The number of carboxylic acids is 1. The normalized spacial score (nSPS) is 25.3. The predicted molar refractivity (Wildman–Crippen MR) is 88.4 cm³/mol. The Morgan fingerprint density at radius 2 is 2.16 bits per heavy atom. The molecular weight excluding hydrogens is 328 g/mol. The van der Waals surface area contributed by atoms with Gasteiger partial charge in [-0.15, -0.1) is 0 Å². The second-order valence-electron chi connectivity index (χ2n) is 7.18. The molecule has 1 unspecified atom stereocenters. The minimum atomic E-state index is -1.08.